The van der Waals surface area contributed by atoms with Crippen molar-refractivity contribution in [3.05, 3.63) is 24.3 Å². The first-order chi connectivity index (χ1) is 13.8. The molecule has 9 heteroatoms. The highest BCUT2D eigenvalue weighted by atomic mass is 35.6. The van der Waals surface area contributed by atoms with E-state index in [-0.39, 0.29) is 11.0 Å². The zero-order chi connectivity index (χ0) is 21.7. The lowest BCUT2D eigenvalue weighted by molar-refractivity contribution is -0.122. The first-order valence-corrected chi connectivity index (χ1v) is 11.5. The number of alkyl halides is 3. The summed E-state index contributed by atoms with van der Waals surface area (Å²) in [5.41, 5.74) is 0.751. The van der Waals surface area contributed by atoms with Crippen LogP contribution in [0.5, 0.6) is 5.75 Å². The van der Waals surface area contributed by atoms with Gasteiger partial charge in [-0.2, -0.15) is 0 Å². The van der Waals surface area contributed by atoms with Crippen LogP contribution in [-0.2, 0) is 4.79 Å². The molecule has 29 heavy (non-hydrogen) atoms. The van der Waals surface area contributed by atoms with Crippen LogP contribution in [0.4, 0.5) is 5.69 Å². The molecular formula is C20H30Cl3N3O2S. The van der Waals surface area contributed by atoms with Gasteiger partial charge >= 0.3 is 0 Å². The van der Waals surface area contributed by atoms with Crippen LogP contribution >= 0.6 is 47.0 Å². The summed E-state index contributed by atoms with van der Waals surface area (Å²) in [6.07, 6.45) is 5.71. The van der Waals surface area contributed by atoms with Crippen molar-refractivity contribution in [2.75, 3.05) is 11.9 Å². The van der Waals surface area contributed by atoms with E-state index in [4.69, 9.17) is 51.8 Å². The number of halogens is 3. The monoisotopic (exact) mass is 481 g/mol. The molecule has 5 nitrogen and oxygen atoms in total. The minimum Gasteiger partial charge on any atom is -0.494 e. The molecule has 1 amide bonds. The molecule has 1 aromatic rings. The molecule has 164 valence electrons. The Morgan fingerprint density at radius 2 is 1.69 bits per heavy atom. The minimum absolute atomic E-state index is 0.209. The Hall–Kier alpha value is -0.950. The molecule has 0 aromatic heterocycles. The van der Waals surface area contributed by atoms with Crippen molar-refractivity contribution in [2.24, 2.45) is 0 Å². The van der Waals surface area contributed by atoms with E-state index in [2.05, 4.69) is 22.9 Å². The number of hydrogen-bond acceptors (Lipinski definition) is 3. The zero-order valence-electron chi connectivity index (χ0n) is 16.9. The highest BCUT2D eigenvalue weighted by Crippen LogP contribution is 2.29. The summed E-state index contributed by atoms with van der Waals surface area (Å²) in [7, 11) is 0. The molecule has 0 fully saturated rings. The van der Waals surface area contributed by atoms with Gasteiger partial charge in [0.25, 0.3) is 0 Å². The molecule has 0 aliphatic rings. The van der Waals surface area contributed by atoms with Crippen LogP contribution in [0.25, 0.3) is 0 Å². The Morgan fingerprint density at radius 1 is 1.03 bits per heavy atom. The van der Waals surface area contributed by atoms with E-state index in [0.29, 0.717) is 13.0 Å². The molecule has 1 unspecified atom stereocenters. The minimum atomic E-state index is -1.76. The maximum Gasteiger partial charge on any atom is 0.228 e. The molecule has 0 heterocycles. The Kier molecular flexibility index (Phi) is 12.7. The summed E-state index contributed by atoms with van der Waals surface area (Å²) in [6, 6.07) is 7.42. The Bertz CT molecular complexity index is 624. The van der Waals surface area contributed by atoms with E-state index in [1.807, 2.05) is 31.2 Å². The number of anilines is 1. The number of ether oxygens (including phenoxy) is 1. The van der Waals surface area contributed by atoms with E-state index in [1.54, 1.807) is 0 Å². The fourth-order valence-electron chi connectivity index (χ4n) is 2.42. The third kappa shape index (κ3) is 11.7. The topological polar surface area (TPSA) is 62.4 Å². The van der Waals surface area contributed by atoms with Gasteiger partial charge in [-0.1, -0.05) is 74.3 Å². The van der Waals surface area contributed by atoms with E-state index in [9.17, 15) is 4.79 Å². The molecule has 0 spiro atoms. The Balaban J connectivity index is 2.52. The average molecular weight is 483 g/mol. The van der Waals surface area contributed by atoms with Gasteiger partial charge in [-0.05, 0) is 49.3 Å². The van der Waals surface area contributed by atoms with Crippen molar-refractivity contribution in [2.45, 2.75) is 68.8 Å². The fourth-order valence-corrected chi connectivity index (χ4v) is 2.98. The molecule has 0 saturated carbocycles. The van der Waals surface area contributed by atoms with Crippen LogP contribution in [-0.4, -0.2) is 27.6 Å². The number of unbranched alkanes of at least 4 members (excludes halogenated alkanes) is 4. The van der Waals surface area contributed by atoms with Crippen molar-refractivity contribution in [3.63, 3.8) is 0 Å². The van der Waals surface area contributed by atoms with Crippen LogP contribution in [0.2, 0.25) is 0 Å². The van der Waals surface area contributed by atoms with Crippen molar-refractivity contribution in [1.82, 2.24) is 10.6 Å². The number of carbonyl (C=O) groups is 1. The first-order valence-electron chi connectivity index (χ1n) is 9.92. The van der Waals surface area contributed by atoms with Crippen molar-refractivity contribution < 1.29 is 9.53 Å². The molecule has 0 radical (unpaired) electrons. The van der Waals surface area contributed by atoms with Crippen LogP contribution in [0.15, 0.2) is 24.3 Å². The molecule has 1 atom stereocenters. The molecule has 0 aliphatic heterocycles. The Labute approximate surface area is 194 Å². The lowest BCUT2D eigenvalue weighted by Crippen LogP contribution is -2.56. The Morgan fingerprint density at radius 3 is 2.28 bits per heavy atom. The second-order valence-corrected chi connectivity index (χ2v) is 9.45. The lowest BCUT2D eigenvalue weighted by atomic mass is 10.2. The second-order valence-electron chi connectivity index (χ2n) is 6.68. The van der Waals surface area contributed by atoms with Gasteiger partial charge < -0.3 is 20.7 Å². The zero-order valence-corrected chi connectivity index (χ0v) is 20.0. The predicted molar refractivity (Wildman–Crippen MR) is 127 cm³/mol. The maximum atomic E-state index is 12.0. The molecular weight excluding hydrogens is 453 g/mol. The maximum absolute atomic E-state index is 12.0. The van der Waals surface area contributed by atoms with Crippen molar-refractivity contribution in [3.8, 4) is 5.75 Å². The summed E-state index contributed by atoms with van der Waals surface area (Å²) < 4.78 is 3.96. The normalized spacial score (nSPS) is 12.2. The average Bonchev–Trinajstić information content (AvgIpc) is 2.66. The molecule has 0 saturated heterocycles. The fraction of sp³-hybridized carbons (Fsp3) is 0.600. The largest absolute Gasteiger partial charge is 0.494 e. The molecule has 0 aliphatic carbocycles. The van der Waals surface area contributed by atoms with Gasteiger partial charge in [0.05, 0.1) is 6.61 Å². The van der Waals surface area contributed by atoms with Crippen LogP contribution in [0, 0.1) is 0 Å². The highest BCUT2D eigenvalue weighted by molar-refractivity contribution is 7.80. The van der Waals surface area contributed by atoms with E-state index < -0.39 is 9.96 Å². The van der Waals surface area contributed by atoms with Crippen molar-refractivity contribution >= 4 is 63.7 Å². The summed E-state index contributed by atoms with van der Waals surface area (Å²) in [5.74, 6) is 0.590. The highest BCUT2D eigenvalue weighted by Gasteiger charge is 2.34. The number of rotatable bonds is 12. The summed E-state index contributed by atoms with van der Waals surface area (Å²) >= 11 is 23.2. The van der Waals surface area contributed by atoms with Gasteiger partial charge in [0.1, 0.15) is 11.9 Å². The first kappa shape index (κ1) is 26.1. The number of benzene rings is 1. The smallest absolute Gasteiger partial charge is 0.228 e. The number of hydrogen-bond donors (Lipinski definition) is 3. The number of nitrogens with one attached hydrogen (secondary N) is 3. The van der Waals surface area contributed by atoms with Crippen LogP contribution in [0.3, 0.4) is 0 Å². The summed E-state index contributed by atoms with van der Waals surface area (Å²) in [4.78, 5) is 12.0. The second kappa shape index (κ2) is 14.1. The summed E-state index contributed by atoms with van der Waals surface area (Å²) in [5, 5.41) is 8.74. The van der Waals surface area contributed by atoms with Crippen molar-refractivity contribution in [1.29, 1.82) is 0 Å². The third-order valence-corrected chi connectivity index (χ3v) is 4.92. The van der Waals surface area contributed by atoms with E-state index in [0.717, 1.165) is 30.7 Å². The van der Waals surface area contributed by atoms with Gasteiger partial charge in [-0.25, -0.2) is 0 Å². The summed E-state index contributed by atoms with van der Waals surface area (Å²) in [6.45, 7) is 4.89. The van der Waals surface area contributed by atoms with Crippen LogP contribution in [0.1, 0.15) is 58.8 Å². The number of carbonyl (C=O) groups excluding carboxylic acids is 1. The van der Waals surface area contributed by atoms with Gasteiger partial charge in [0, 0.05) is 12.1 Å². The predicted octanol–water partition coefficient (Wildman–Crippen LogP) is 5.93. The van der Waals surface area contributed by atoms with Gasteiger partial charge in [0.2, 0.25) is 9.70 Å². The van der Waals surface area contributed by atoms with Gasteiger partial charge in [-0.3, -0.25) is 4.79 Å². The third-order valence-electron chi connectivity index (χ3n) is 4.04. The molecule has 0 bridgehead atoms. The van der Waals surface area contributed by atoms with E-state index >= 15 is 0 Å². The SMILES string of the molecule is CCCCCCOc1ccc(NC(=S)NC(NC(=O)CCCC)C(Cl)(Cl)Cl)cc1. The standard InChI is InChI=1S/C20H30Cl3N3O2S/c1-3-5-7-8-14-28-16-12-10-15(11-13-16)24-19(29)26-18(20(21,22)23)25-17(27)9-6-4-2/h10-13,18H,3-9,14H2,1-2H3,(H,25,27)(H2,24,26,29). The quantitative estimate of drug-likeness (QED) is 0.149. The molecule has 1 rings (SSSR count). The van der Waals surface area contributed by atoms with Crippen LogP contribution < -0.4 is 20.7 Å². The molecule has 1 aromatic carbocycles. The number of amides is 1. The number of thiocarbonyl (C=S) groups is 1. The van der Waals surface area contributed by atoms with Gasteiger partial charge in [0.15, 0.2) is 5.11 Å². The van der Waals surface area contributed by atoms with E-state index in [1.165, 1.54) is 19.3 Å². The lowest BCUT2D eigenvalue weighted by Gasteiger charge is -2.27. The van der Waals surface area contributed by atoms with Gasteiger partial charge in [-0.15, -0.1) is 0 Å². The molecule has 3 N–H and O–H groups in total.